The van der Waals surface area contributed by atoms with Gasteiger partial charge in [0.2, 0.25) is 0 Å². The van der Waals surface area contributed by atoms with E-state index < -0.39 is 0 Å². The number of unbranched alkanes of at least 4 members (excludes halogenated alkanes) is 2. The second-order valence-corrected chi connectivity index (χ2v) is 11.5. The first-order valence-electron chi connectivity index (χ1n) is 14.3. The van der Waals surface area contributed by atoms with Crippen LogP contribution in [-0.4, -0.2) is 54.9 Å². The Hall–Kier alpha value is -1.03. The summed E-state index contributed by atoms with van der Waals surface area (Å²) in [6, 6.07) is 0. The fourth-order valence-electron chi connectivity index (χ4n) is 6.04. The maximum atomic E-state index is 10.1. The minimum Gasteiger partial charge on any atom is -0.365 e. The van der Waals surface area contributed by atoms with Crippen LogP contribution < -0.4 is 5.32 Å². The number of carbonyl (C=O) groups excluding carboxylic acids is 1. The average molecular weight is 462 g/mol. The van der Waals surface area contributed by atoms with Gasteiger partial charge in [-0.2, -0.15) is 0 Å². The Bertz CT molecular complexity index is 569. The molecule has 0 aromatic carbocycles. The molecule has 192 valence electrons. The molecule has 0 amide bonds. The maximum Gasteiger partial charge on any atom is 0.120 e. The lowest BCUT2D eigenvalue weighted by Gasteiger charge is -2.29. The van der Waals surface area contributed by atoms with Gasteiger partial charge in [0, 0.05) is 26.1 Å². The Balaban J connectivity index is 0.000000357. The number of carbonyl (C=O) groups is 1. The van der Waals surface area contributed by atoms with Gasteiger partial charge in [-0.25, -0.2) is 0 Å². The molecule has 3 aliphatic rings. The largest absolute Gasteiger partial charge is 0.365 e. The van der Waals surface area contributed by atoms with Gasteiger partial charge in [-0.05, 0) is 70.5 Å². The van der Waals surface area contributed by atoms with Crippen LogP contribution in [0.15, 0.2) is 11.4 Å². The van der Waals surface area contributed by atoms with Crippen LogP contribution in [-0.2, 0) is 4.79 Å². The number of likely N-dealkylation sites (tertiary alicyclic amines) is 1. The third kappa shape index (κ3) is 9.62. The summed E-state index contributed by atoms with van der Waals surface area (Å²) in [5.74, 6) is 3.07. The van der Waals surface area contributed by atoms with Crippen molar-refractivity contribution in [2.75, 3.05) is 33.2 Å². The Labute approximate surface area is 205 Å². The summed E-state index contributed by atoms with van der Waals surface area (Å²) in [6.07, 6.45) is 19.2. The average Bonchev–Trinajstić information content (AvgIpc) is 3.40. The maximum absolute atomic E-state index is 10.1. The van der Waals surface area contributed by atoms with Gasteiger partial charge in [-0.1, -0.05) is 71.6 Å². The summed E-state index contributed by atoms with van der Waals surface area (Å²) in [6.45, 7) is 14.2. The molecule has 33 heavy (non-hydrogen) atoms. The predicted molar refractivity (Wildman–Crippen MR) is 142 cm³/mol. The molecule has 2 aliphatic heterocycles. The minimum atomic E-state index is 0.324. The van der Waals surface area contributed by atoms with Crippen LogP contribution in [0.25, 0.3) is 0 Å². The van der Waals surface area contributed by atoms with Crippen LogP contribution in [0.1, 0.15) is 118 Å². The molecule has 0 radical (unpaired) electrons. The van der Waals surface area contributed by atoms with E-state index in [-0.39, 0.29) is 0 Å². The standard InChI is InChI=1S/C21H41N3.C8H14O/c1-6-8-12-21(13-9-7-2)17-24(20(22-21)18(3)4)15-11-19-10-14-23(5)16-19;9-7-6-8-4-2-1-3-5-8/h19,22H,6-17H2,1-5H3;7-8H,1-6H2. The van der Waals surface area contributed by atoms with E-state index in [9.17, 15) is 4.79 Å². The van der Waals surface area contributed by atoms with E-state index in [4.69, 9.17) is 0 Å². The van der Waals surface area contributed by atoms with Crippen molar-refractivity contribution >= 4 is 6.29 Å². The molecule has 1 unspecified atom stereocenters. The topological polar surface area (TPSA) is 35.6 Å². The van der Waals surface area contributed by atoms with E-state index in [2.05, 4.69) is 49.9 Å². The van der Waals surface area contributed by atoms with Crippen LogP contribution in [0.5, 0.6) is 0 Å². The van der Waals surface area contributed by atoms with Crippen molar-refractivity contribution in [3.63, 3.8) is 0 Å². The van der Waals surface area contributed by atoms with Gasteiger partial charge in [0.1, 0.15) is 12.1 Å². The van der Waals surface area contributed by atoms with Crippen LogP contribution >= 0.6 is 0 Å². The number of aldehydes is 1. The highest BCUT2D eigenvalue weighted by Crippen LogP contribution is 2.33. The zero-order valence-corrected chi connectivity index (χ0v) is 22.8. The van der Waals surface area contributed by atoms with E-state index in [1.165, 1.54) is 121 Å². The number of rotatable bonds is 11. The highest BCUT2D eigenvalue weighted by atomic mass is 16.1. The summed E-state index contributed by atoms with van der Waals surface area (Å²) < 4.78 is 0. The molecule has 2 saturated heterocycles. The normalized spacial score (nSPS) is 23.2. The summed E-state index contributed by atoms with van der Waals surface area (Å²) in [5, 5.41) is 4.00. The van der Waals surface area contributed by atoms with Crippen LogP contribution in [0.4, 0.5) is 0 Å². The number of nitrogens with one attached hydrogen (secondary N) is 1. The SMILES string of the molecule is CCCCC1(CCCC)CN(CCC2CCN(C)C2)C(=C(C)C)N1.O=CCC1CCCCC1. The Morgan fingerprint density at radius 3 is 2.21 bits per heavy atom. The molecule has 4 heteroatoms. The minimum absolute atomic E-state index is 0.324. The lowest BCUT2D eigenvalue weighted by Crippen LogP contribution is -2.42. The third-order valence-corrected chi connectivity index (χ3v) is 8.14. The Morgan fingerprint density at radius 2 is 1.70 bits per heavy atom. The van der Waals surface area contributed by atoms with E-state index in [1.54, 1.807) is 0 Å². The fourth-order valence-corrected chi connectivity index (χ4v) is 6.04. The van der Waals surface area contributed by atoms with Gasteiger partial charge in [0.15, 0.2) is 0 Å². The van der Waals surface area contributed by atoms with Crippen molar-refractivity contribution in [3.05, 3.63) is 11.4 Å². The first-order valence-corrected chi connectivity index (χ1v) is 14.3. The first kappa shape index (κ1) is 28.2. The molecule has 2 heterocycles. The third-order valence-electron chi connectivity index (χ3n) is 8.14. The van der Waals surface area contributed by atoms with Gasteiger partial charge in [-0.3, -0.25) is 0 Å². The fraction of sp³-hybridized carbons (Fsp3) is 0.897. The summed E-state index contributed by atoms with van der Waals surface area (Å²) in [7, 11) is 2.26. The molecular formula is C29H55N3O. The molecule has 3 rings (SSSR count). The predicted octanol–water partition coefficient (Wildman–Crippen LogP) is 6.76. The summed E-state index contributed by atoms with van der Waals surface area (Å²) in [4.78, 5) is 15.2. The van der Waals surface area contributed by atoms with Gasteiger partial charge in [-0.15, -0.1) is 0 Å². The molecule has 0 bridgehead atoms. The number of nitrogens with zero attached hydrogens (tertiary/aromatic N) is 2. The van der Waals surface area contributed by atoms with Crippen molar-refractivity contribution < 1.29 is 4.79 Å². The van der Waals surface area contributed by atoms with E-state index in [0.29, 0.717) is 5.54 Å². The molecule has 1 saturated carbocycles. The van der Waals surface area contributed by atoms with E-state index in [1.807, 2.05) is 0 Å². The highest BCUT2D eigenvalue weighted by molar-refractivity contribution is 5.49. The monoisotopic (exact) mass is 461 g/mol. The second-order valence-electron chi connectivity index (χ2n) is 11.5. The molecule has 0 spiro atoms. The quantitative estimate of drug-likeness (QED) is 0.345. The second kappa shape index (κ2) is 15.1. The van der Waals surface area contributed by atoms with Crippen LogP contribution in [0, 0.1) is 11.8 Å². The molecule has 1 aliphatic carbocycles. The van der Waals surface area contributed by atoms with E-state index in [0.717, 1.165) is 24.5 Å². The number of hydrogen-bond donors (Lipinski definition) is 1. The van der Waals surface area contributed by atoms with Crippen molar-refractivity contribution in [1.82, 2.24) is 15.1 Å². The van der Waals surface area contributed by atoms with Crippen LogP contribution in [0.2, 0.25) is 0 Å². The molecule has 0 aromatic heterocycles. The highest BCUT2D eigenvalue weighted by Gasteiger charge is 2.39. The van der Waals surface area contributed by atoms with Crippen molar-refractivity contribution in [2.45, 2.75) is 123 Å². The van der Waals surface area contributed by atoms with Gasteiger partial charge in [0.05, 0.1) is 5.54 Å². The van der Waals surface area contributed by atoms with Crippen LogP contribution in [0.3, 0.4) is 0 Å². The molecule has 0 aromatic rings. The number of hydrogen-bond acceptors (Lipinski definition) is 4. The molecule has 4 nitrogen and oxygen atoms in total. The smallest absolute Gasteiger partial charge is 0.120 e. The zero-order valence-electron chi connectivity index (χ0n) is 22.8. The van der Waals surface area contributed by atoms with Crippen molar-refractivity contribution in [3.8, 4) is 0 Å². The summed E-state index contributed by atoms with van der Waals surface area (Å²) >= 11 is 0. The Kier molecular flexibility index (Phi) is 12.9. The zero-order chi connectivity index (χ0) is 24.1. The molecule has 1 atom stereocenters. The van der Waals surface area contributed by atoms with Gasteiger partial charge < -0.3 is 19.9 Å². The van der Waals surface area contributed by atoms with Crippen molar-refractivity contribution in [2.24, 2.45) is 11.8 Å². The van der Waals surface area contributed by atoms with Gasteiger partial charge >= 0.3 is 0 Å². The molecule has 3 fully saturated rings. The Morgan fingerprint density at radius 1 is 1.03 bits per heavy atom. The van der Waals surface area contributed by atoms with E-state index >= 15 is 0 Å². The molecular weight excluding hydrogens is 406 g/mol. The first-order chi connectivity index (χ1) is 15.9. The van der Waals surface area contributed by atoms with Crippen molar-refractivity contribution in [1.29, 1.82) is 0 Å². The molecule has 1 N–H and O–H groups in total. The lowest BCUT2D eigenvalue weighted by molar-refractivity contribution is -0.108. The van der Waals surface area contributed by atoms with Gasteiger partial charge in [0.25, 0.3) is 0 Å². The lowest BCUT2D eigenvalue weighted by atomic mass is 9.87. The number of allylic oxidation sites excluding steroid dienone is 1. The summed E-state index contributed by atoms with van der Waals surface area (Å²) in [5.41, 5.74) is 1.78.